The van der Waals surface area contributed by atoms with Crippen LogP contribution in [0.15, 0.2) is 30.3 Å². The van der Waals surface area contributed by atoms with Crippen LogP contribution in [-0.2, 0) is 11.4 Å². The lowest BCUT2D eigenvalue weighted by atomic mass is 10.1. The average Bonchev–Trinajstić information content (AvgIpc) is 2.95. The van der Waals surface area contributed by atoms with Crippen LogP contribution in [0.25, 0.3) is 0 Å². The van der Waals surface area contributed by atoms with Crippen molar-refractivity contribution in [2.45, 2.75) is 26.0 Å². The predicted octanol–water partition coefficient (Wildman–Crippen LogP) is 1.12. The third-order valence-corrected chi connectivity index (χ3v) is 3.13. The number of H-pyrrole nitrogens is 1. The monoisotopic (exact) mass is 320 g/mol. The Balaban J connectivity index is 1.99. The topological polar surface area (TPSA) is 110 Å². The van der Waals surface area contributed by atoms with Gasteiger partial charge in [0.05, 0.1) is 5.69 Å². The van der Waals surface area contributed by atoms with E-state index in [1.807, 2.05) is 0 Å². The Morgan fingerprint density at radius 2 is 2.09 bits per heavy atom. The molecule has 2 aromatic rings. The normalized spacial score (nSPS) is 11.1. The number of aromatic amines is 1. The molecular weight excluding hydrogens is 303 g/mol. The first kappa shape index (κ1) is 16.5. The van der Waals surface area contributed by atoms with Crippen LogP contribution >= 0.6 is 0 Å². The van der Waals surface area contributed by atoms with Gasteiger partial charge in [-0.2, -0.15) is 5.10 Å². The number of primary amides is 1. The van der Waals surface area contributed by atoms with Crippen molar-refractivity contribution < 1.29 is 18.7 Å². The van der Waals surface area contributed by atoms with E-state index in [0.29, 0.717) is 5.69 Å². The highest BCUT2D eigenvalue weighted by molar-refractivity contribution is 5.97. The summed E-state index contributed by atoms with van der Waals surface area (Å²) in [5.74, 6) is -1.59. The van der Waals surface area contributed by atoms with Crippen molar-refractivity contribution in [1.29, 1.82) is 0 Å². The molecule has 2 rings (SSSR count). The van der Waals surface area contributed by atoms with Crippen molar-refractivity contribution in [2.75, 3.05) is 0 Å². The quantitative estimate of drug-likeness (QED) is 0.740. The Morgan fingerprint density at radius 3 is 2.74 bits per heavy atom. The van der Waals surface area contributed by atoms with E-state index in [9.17, 15) is 14.0 Å². The van der Waals surface area contributed by atoms with E-state index in [1.54, 1.807) is 12.1 Å². The second-order valence-corrected chi connectivity index (χ2v) is 5.44. The second-order valence-electron chi connectivity index (χ2n) is 5.44. The molecule has 7 nitrogen and oxygen atoms in total. The zero-order valence-corrected chi connectivity index (χ0v) is 12.7. The molecular formula is C15H17FN4O3. The lowest BCUT2D eigenvalue weighted by Gasteiger charge is -2.21. The molecule has 0 aliphatic carbocycles. The summed E-state index contributed by atoms with van der Waals surface area (Å²) in [7, 11) is 0. The minimum absolute atomic E-state index is 0.0143. The molecule has 122 valence electrons. The van der Waals surface area contributed by atoms with Crippen LogP contribution in [0.5, 0.6) is 5.75 Å². The summed E-state index contributed by atoms with van der Waals surface area (Å²) >= 11 is 0. The van der Waals surface area contributed by atoms with Crippen LogP contribution in [0.3, 0.4) is 0 Å². The Kier molecular flexibility index (Phi) is 4.63. The molecule has 0 unspecified atom stereocenters. The minimum atomic E-state index is -1.19. The maximum atomic E-state index is 13.4. The first-order valence-corrected chi connectivity index (χ1v) is 6.83. The highest BCUT2D eigenvalue weighted by Crippen LogP contribution is 2.17. The zero-order chi connectivity index (χ0) is 17.0. The van der Waals surface area contributed by atoms with Crippen LogP contribution in [0.2, 0.25) is 0 Å². The predicted molar refractivity (Wildman–Crippen MR) is 80.1 cm³/mol. The molecule has 0 saturated carbocycles. The Morgan fingerprint density at radius 1 is 1.39 bits per heavy atom. The van der Waals surface area contributed by atoms with E-state index in [-0.39, 0.29) is 18.1 Å². The number of hydrogen-bond donors (Lipinski definition) is 3. The number of halogens is 1. The molecule has 0 radical (unpaired) electrons. The summed E-state index contributed by atoms with van der Waals surface area (Å²) in [6, 6.07) is 7.44. The van der Waals surface area contributed by atoms with Gasteiger partial charge in [0, 0.05) is 0 Å². The van der Waals surface area contributed by atoms with Gasteiger partial charge in [-0.05, 0) is 32.0 Å². The van der Waals surface area contributed by atoms with Gasteiger partial charge >= 0.3 is 0 Å². The van der Waals surface area contributed by atoms with Gasteiger partial charge < -0.3 is 15.8 Å². The summed E-state index contributed by atoms with van der Waals surface area (Å²) < 4.78 is 18.7. The molecule has 0 fully saturated rings. The number of carbonyl (C=O) groups excluding carboxylic acids is 2. The third-order valence-electron chi connectivity index (χ3n) is 3.13. The summed E-state index contributed by atoms with van der Waals surface area (Å²) in [4.78, 5) is 23.2. The number of aromatic nitrogens is 2. The van der Waals surface area contributed by atoms with Crippen molar-refractivity contribution in [3.63, 3.8) is 0 Å². The fourth-order valence-corrected chi connectivity index (χ4v) is 1.68. The number of amides is 2. The lowest BCUT2D eigenvalue weighted by molar-refractivity contribution is -0.122. The second kappa shape index (κ2) is 6.47. The van der Waals surface area contributed by atoms with Gasteiger partial charge in [-0.1, -0.05) is 12.1 Å². The molecule has 0 aliphatic rings. The summed E-state index contributed by atoms with van der Waals surface area (Å²) in [6.45, 7) is 2.99. The van der Waals surface area contributed by atoms with Crippen molar-refractivity contribution in [3.8, 4) is 5.75 Å². The first-order chi connectivity index (χ1) is 10.8. The maximum Gasteiger partial charge on any atom is 0.272 e. The fourth-order valence-electron chi connectivity index (χ4n) is 1.68. The standard InChI is InChI=1S/C15H17FN4O3/c1-15(2,14(17)22)18-13(21)11-7-9(19-20-11)8-23-12-6-4-3-5-10(12)16/h3-7H,8H2,1-2H3,(H2,17,22)(H,18,21)(H,19,20). The molecule has 23 heavy (non-hydrogen) atoms. The lowest BCUT2D eigenvalue weighted by Crippen LogP contribution is -2.53. The van der Waals surface area contributed by atoms with E-state index >= 15 is 0 Å². The van der Waals surface area contributed by atoms with Gasteiger partial charge in [0.15, 0.2) is 11.6 Å². The molecule has 8 heteroatoms. The van der Waals surface area contributed by atoms with Crippen molar-refractivity contribution in [1.82, 2.24) is 15.5 Å². The minimum Gasteiger partial charge on any atom is -0.484 e. The van der Waals surface area contributed by atoms with Gasteiger partial charge in [0.25, 0.3) is 5.91 Å². The van der Waals surface area contributed by atoms with Crippen LogP contribution in [0.1, 0.15) is 30.0 Å². The van der Waals surface area contributed by atoms with Crippen molar-refractivity contribution in [2.24, 2.45) is 5.73 Å². The number of benzene rings is 1. The van der Waals surface area contributed by atoms with Crippen LogP contribution < -0.4 is 15.8 Å². The van der Waals surface area contributed by atoms with Crippen LogP contribution in [0, 0.1) is 5.82 Å². The molecule has 1 heterocycles. The molecule has 0 spiro atoms. The summed E-state index contributed by atoms with van der Waals surface area (Å²) in [5, 5.41) is 8.92. The number of nitrogens with one attached hydrogen (secondary N) is 2. The molecule has 0 atom stereocenters. The fraction of sp³-hybridized carbons (Fsp3) is 0.267. The number of carbonyl (C=O) groups is 2. The highest BCUT2D eigenvalue weighted by Gasteiger charge is 2.28. The smallest absolute Gasteiger partial charge is 0.272 e. The van der Waals surface area contributed by atoms with Gasteiger partial charge in [-0.15, -0.1) is 0 Å². The number of nitrogens with two attached hydrogens (primary N) is 1. The number of para-hydroxylation sites is 1. The SMILES string of the molecule is CC(C)(NC(=O)c1cc(COc2ccccc2F)[nH]n1)C(N)=O. The van der Waals surface area contributed by atoms with Gasteiger partial charge in [-0.25, -0.2) is 4.39 Å². The Bertz CT molecular complexity index is 727. The Hall–Kier alpha value is -2.90. The molecule has 0 aliphatic heterocycles. The summed E-state index contributed by atoms with van der Waals surface area (Å²) in [6.07, 6.45) is 0. The maximum absolute atomic E-state index is 13.4. The number of ether oxygens (including phenoxy) is 1. The molecule has 1 aromatic carbocycles. The summed E-state index contributed by atoms with van der Waals surface area (Å²) in [5.41, 5.74) is 4.55. The largest absolute Gasteiger partial charge is 0.484 e. The molecule has 0 bridgehead atoms. The van der Waals surface area contributed by atoms with E-state index in [0.717, 1.165) is 0 Å². The number of rotatable bonds is 6. The van der Waals surface area contributed by atoms with Crippen molar-refractivity contribution >= 4 is 11.8 Å². The van der Waals surface area contributed by atoms with E-state index in [1.165, 1.54) is 32.0 Å². The number of hydrogen-bond acceptors (Lipinski definition) is 4. The van der Waals surface area contributed by atoms with Gasteiger partial charge in [0.1, 0.15) is 17.8 Å². The molecule has 1 aromatic heterocycles. The van der Waals surface area contributed by atoms with E-state index in [4.69, 9.17) is 10.5 Å². The van der Waals surface area contributed by atoms with Gasteiger partial charge in [-0.3, -0.25) is 14.7 Å². The van der Waals surface area contributed by atoms with Crippen LogP contribution in [0.4, 0.5) is 4.39 Å². The molecule has 2 amide bonds. The third kappa shape index (κ3) is 4.06. The van der Waals surface area contributed by atoms with Gasteiger partial charge in [0.2, 0.25) is 5.91 Å². The number of nitrogens with zero attached hydrogens (tertiary/aromatic N) is 1. The van der Waals surface area contributed by atoms with E-state index in [2.05, 4.69) is 15.5 Å². The average molecular weight is 320 g/mol. The molecule has 4 N–H and O–H groups in total. The first-order valence-electron chi connectivity index (χ1n) is 6.83. The Labute approximate surface area is 132 Å². The van der Waals surface area contributed by atoms with E-state index < -0.39 is 23.2 Å². The van der Waals surface area contributed by atoms with Crippen molar-refractivity contribution in [3.05, 3.63) is 47.5 Å². The zero-order valence-electron chi connectivity index (χ0n) is 12.7. The highest BCUT2D eigenvalue weighted by atomic mass is 19.1. The molecule has 0 saturated heterocycles. The van der Waals surface area contributed by atoms with Crippen LogP contribution in [-0.4, -0.2) is 27.6 Å².